The van der Waals surface area contributed by atoms with E-state index in [1.807, 2.05) is 62.4 Å². The van der Waals surface area contributed by atoms with Crippen molar-refractivity contribution in [2.24, 2.45) is 0 Å². The maximum atomic E-state index is 12.4. The average Bonchev–Trinajstić information content (AvgIpc) is 3.05. The van der Waals surface area contributed by atoms with Crippen LogP contribution in [-0.4, -0.2) is 63.8 Å². The van der Waals surface area contributed by atoms with Crippen molar-refractivity contribution in [1.29, 1.82) is 0 Å². The number of ether oxygens (including phenoxy) is 6. The van der Waals surface area contributed by atoms with E-state index in [-0.39, 0.29) is 38.4 Å². The second kappa shape index (κ2) is 21.4. The van der Waals surface area contributed by atoms with Gasteiger partial charge >= 0.3 is 11.9 Å². The number of benzene rings is 3. The average molecular weight is 639 g/mol. The number of esters is 2. The minimum absolute atomic E-state index is 0.155. The van der Waals surface area contributed by atoms with E-state index in [2.05, 4.69) is 13.8 Å². The van der Waals surface area contributed by atoms with Gasteiger partial charge in [0.2, 0.25) is 0 Å². The normalized spacial score (nSPS) is 12.6. The van der Waals surface area contributed by atoms with Crippen LogP contribution in [0.4, 0.5) is 0 Å². The Hall–Kier alpha value is -3.36. The van der Waals surface area contributed by atoms with E-state index in [1.165, 1.54) is 0 Å². The maximum Gasteiger partial charge on any atom is 0.306 e. The number of hydrogen-bond donors (Lipinski definition) is 0. The van der Waals surface area contributed by atoms with Crippen LogP contribution in [-0.2, 0) is 28.5 Å². The van der Waals surface area contributed by atoms with Crippen molar-refractivity contribution >= 4 is 33.5 Å². The van der Waals surface area contributed by atoms with Crippen LogP contribution in [0.1, 0.15) is 91.9 Å². The van der Waals surface area contributed by atoms with Crippen LogP contribution in [0.15, 0.2) is 48.5 Å². The summed E-state index contributed by atoms with van der Waals surface area (Å²) in [4.78, 5) is 24.8. The highest BCUT2D eigenvalue weighted by molar-refractivity contribution is 6.11. The van der Waals surface area contributed by atoms with E-state index in [1.54, 1.807) is 0 Å². The highest BCUT2D eigenvalue weighted by Gasteiger charge is 2.22. The molecular formula is C38H54O8. The largest absolute Gasteiger partial charge is 0.488 e. The molecule has 2 unspecified atom stereocenters. The second-order valence-electron chi connectivity index (χ2n) is 11.7. The Morgan fingerprint density at radius 2 is 0.891 bits per heavy atom. The third-order valence-corrected chi connectivity index (χ3v) is 7.56. The molecule has 3 aromatic rings. The molecule has 8 heteroatoms. The first-order chi connectivity index (χ1) is 22.5. The second-order valence-corrected chi connectivity index (χ2v) is 11.7. The molecule has 3 rings (SSSR count). The van der Waals surface area contributed by atoms with Crippen LogP contribution in [0.3, 0.4) is 0 Å². The van der Waals surface area contributed by atoms with Gasteiger partial charge in [-0.05, 0) is 25.7 Å². The van der Waals surface area contributed by atoms with E-state index in [0.717, 1.165) is 60.1 Å². The van der Waals surface area contributed by atoms with Crippen LogP contribution < -0.4 is 9.47 Å². The van der Waals surface area contributed by atoms with Crippen LogP contribution in [0.5, 0.6) is 11.5 Å². The fourth-order valence-corrected chi connectivity index (χ4v) is 5.18. The molecule has 2 atom stereocenters. The van der Waals surface area contributed by atoms with Gasteiger partial charge in [0.15, 0.2) is 12.2 Å². The summed E-state index contributed by atoms with van der Waals surface area (Å²) >= 11 is 0. The van der Waals surface area contributed by atoms with Crippen LogP contribution >= 0.6 is 0 Å². The maximum absolute atomic E-state index is 12.4. The monoisotopic (exact) mass is 638 g/mol. The number of carbonyl (C=O) groups is 2. The van der Waals surface area contributed by atoms with E-state index >= 15 is 0 Å². The van der Waals surface area contributed by atoms with Crippen LogP contribution in [0, 0.1) is 0 Å². The van der Waals surface area contributed by atoms with E-state index in [4.69, 9.17) is 28.4 Å². The summed E-state index contributed by atoms with van der Waals surface area (Å²) in [6.45, 7) is 10.3. The molecule has 3 aromatic carbocycles. The Morgan fingerprint density at radius 3 is 1.22 bits per heavy atom. The zero-order valence-electron chi connectivity index (χ0n) is 28.4. The Balaban J connectivity index is 1.86. The molecule has 0 radical (unpaired) electrons. The van der Waals surface area contributed by atoms with Crippen molar-refractivity contribution in [3.05, 3.63) is 48.5 Å². The molecule has 0 aliphatic rings. The van der Waals surface area contributed by atoms with Gasteiger partial charge in [0.05, 0.1) is 13.2 Å². The standard InChI is InChI=1S/C38H54O8/c1-5-9-15-23-41-25-29(45-35(39)17-7-3)27-43-37-31-19-11-13-21-33(31)38(34-22-14-12-20-32(34)37)44-28-30(46-36(40)18-8-4)26-42-24-16-10-6-2/h11-14,19-22,29-30H,5-10,15-18,23-28H2,1-4H3. The van der Waals surface area contributed by atoms with Crippen molar-refractivity contribution in [1.82, 2.24) is 0 Å². The molecule has 0 aliphatic heterocycles. The van der Waals surface area contributed by atoms with Crippen LogP contribution in [0.25, 0.3) is 21.5 Å². The lowest BCUT2D eigenvalue weighted by Crippen LogP contribution is -2.30. The van der Waals surface area contributed by atoms with Crippen LogP contribution in [0.2, 0.25) is 0 Å². The minimum atomic E-state index is -0.537. The van der Waals surface area contributed by atoms with E-state index in [0.29, 0.717) is 50.4 Å². The Labute approximate surface area is 275 Å². The molecule has 0 saturated heterocycles. The summed E-state index contributed by atoms with van der Waals surface area (Å²) in [5, 5.41) is 3.48. The molecule has 254 valence electrons. The molecule has 0 aromatic heterocycles. The van der Waals surface area contributed by atoms with Crippen molar-refractivity contribution in [2.45, 2.75) is 104 Å². The molecule has 8 nitrogen and oxygen atoms in total. The molecule has 0 spiro atoms. The lowest BCUT2D eigenvalue weighted by molar-refractivity contribution is -0.155. The SMILES string of the molecule is CCCCCOCC(COc1c2ccccc2c(OCC(COCCCCC)OC(=O)CCC)c2ccccc12)OC(=O)CCC. The zero-order valence-corrected chi connectivity index (χ0v) is 28.4. The number of rotatable bonds is 24. The lowest BCUT2D eigenvalue weighted by atomic mass is 10.0. The van der Waals surface area contributed by atoms with Gasteiger partial charge in [-0.25, -0.2) is 0 Å². The van der Waals surface area contributed by atoms with Gasteiger partial charge in [-0.3, -0.25) is 9.59 Å². The first-order valence-electron chi connectivity index (χ1n) is 17.3. The Morgan fingerprint density at radius 1 is 0.522 bits per heavy atom. The predicted molar refractivity (Wildman–Crippen MR) is 183 cm³/mol. The minimum Gasteiger partial charge on any atom is -0.488 e. The van der Waals surface area contributed by atoms with Crippen molar-refractivity contribution in [3.63, 3.8) is 0 Å². The number of hydrogen-bond acceptors (Lipinski definition) is 8. The molecule has 0 saturated carbocycles. The molecular weight excluding hydrogens is 584 g/mol. The van der Waals surface area contributed by atoms with Crippen molar-refractivity contribution in [2.75, 3.05) is 39.6 Å². The molecule has 0 heterocycles. The van der Waals surface area contributed by atoms with E-state index < -0.39 is 12.2 Å². The van der Waals surface area contributed by atoms with Gasteiger partial charge < -0.3 is 28.4 Å². The van der Waals surface area contributed by atoms with E-state index in [9.17, 15) is 9.59 Å². The van der Waals surface area contributed by atoms with Gasteiger partial charge in [-0.1, -0.05) is 102 Å². The van der Waals surface area contributed by atoms with Crippen molar-refractivity contribution in [3.8, 4) is 11.5 Å². The molecule has 46 heavy (non-hydrogen) atoms. The summed E-state index contributed by atoms with van der Waals surface area (Å²) in [5.41, 5.74) is 0. The molecule has 0 amide bonds. The molecule has 0 bridgehead atoms. The van der Waals surface area contributed by atoms with Gasteiger partial charge in [-0.2, -0.15) is 0 Å². The smallest absolute Gasteiger partial charge is 0.306 e. The highest BCUT2D eigenvalue weighted by atomic mass is 16.6. The summed E-state index contributed by atoms with van der Waals surface area (Å²) in [6.07, 6.45) is 7.39. The summed E-state index contributed by atoms with van der Waals surface area (Å²) < 4.78 is 36.3. The number of carbonyl (C=O) groups excluding carboxylic acids is 2. The Bertz CT molecular complexity index is 1170. The molecule has 0 fully saturated rings. The number of fused-ring (bicyclic) bond motifs is 2. The third kappa shape index (κ3) is 12.1. The highest BCUT2D eigenvalue weighted by Crippen LogP contribution is 2.42. The first kappa shape index (κ1) is 37.1. The number of unbranched alkanes of at least 4 members (excludes halogenated alkanes) is 4. The van der Waals surface area contributed by atoms with Gasteiger partial charge in [0.1, 0.15) is 24.7 Å². The Kier molecular flexibility index (Phi) is 17.3. The summed E-state index contributed by atoms with van der Waals surface area (Å²) in [7, 11) is 0. The lowest BCUT2D eigenvalue weighted by Gasteiger charge is -2.23. The predicted octanol–water partition coefficient (Wildman–Crippen LogP) is 8.59. The fraction of sp³-hybridized carbons (Fsp3) is 0.579. The fourth-order valence-electron chi connectivity index (χ4n) is 5.18. The zero-order chi connectivity index (χ0) is 33.0. The first-order valence-corrected chi connectivity index (χ1v) is 17.3. The molecule has 0 aliphatic carbocycles. The topological polar surface area (TPSA) is 89.5 Å². The van der Waals surface area contributed by atoms with Gasteiger partial charge in [0.25, 0.3) is 0 Å². The van der Waals surface area contributed by atoms with Gasteiger partial charge in [0, 0.05) is 47.6 Å². The summed E-state index contributed by atoms with van der Waals surface area (Å²) in [5.74, 6) is 0.864. The third-order valence-electron chi connectivity index (χ3n) is 7.56. The van der Waals surface area contributed by atoms with Crippen molar-refractivity contribution < 1.29 is 38.0 Å². The van der Waals surface area contributed by atoms with Gasteiger partial charge in [-0.15, -0.1) is 0 Å². The molecule has 0 N–H and O–H groups in total. The quantitative estimate of drug-likeness (QED) is 0.0548. The summed E-state index contributed by atoms with van der Waals surface area (Å²) in [6, 6.07) is 15.8.